The predicted octanol–water partition coefficient (Wildman–Crippen LogP) is 4.43. The molecule has 1 amide bonds. The number of hydrogen-bond donors (Lipinski definition) is 1. The van der Waals surface area contributed by atoms with Crippen LogP contribution in [0, 0.1) is 5.92 Å². The molecule has 0 aromatic heterocycles. The number of piperidine rings is 1. The lowest BCUT2D eigenvalue weighted by molar-refractivity contribution is -0.120. The molecule has 0 saturated carbocycles. The molecule has 0 spiro atoms. The van der Waals surface area contributed by atoms with E-state index in [0.29, 0.717) is 42.5 Å². The topological polar surface area (TPSA) is 75.7 Å². The number of carbonyl (C=O) groups is 1. The van der Waals surface area contributed by atoms with E-state index in [1.54, 1.807) is 30.3 Å². The van der Waals surface area contributed by atoms with Gasteiger partial charge in [-0.2, -0.15) is 4.31 Å². The number of sulfonamides is 1. The highest BCUT2D eigenvalue weighted by molar-refractivity contribution is 7.89. The number of hydrogen-bond acceptors (Lipinski definition) is 4. The number of para-hydroxylation sites is 1. The third-order valence-corrected chi connectivity index (χ3v) is 7.21. The van der Waals surface area contributed by atoms with Crippen molar-refractivity contribution in [2.75, 3.05) is 25.0 Å². The maximum absolute atomic E-state index is 13.1. The Labute approximate surface area is 180 Å². The van der Waals surface area contributed by atoms with Crippen LogP contribution in [0.3, 0.4) is 0 Å². The first-order valence-corrected chi connectivity index (χ1v) is 11.5. The van der Waals surface area contributed by atoms with E-state index in [2.05, 4.69) is 5.32 Å². The minimum atomic E-state index is -3.78. The van der Waals surface area contributed by atoms with Gasteiger partial charge in [-0.3, -0.25) is 4.79 Å². The van der Waals surface area contributed by atoms with Gasteiger partial charge in [0.05, 0.1) is 33.2 Å². The lowest BCUT2D eigenvalue weighted by atomic mass is 9.99. The molecule has 3 rings (SSSR count). The number of rotatable bonds is 6. The minimum absolute atomic E-state index is 0.0816. The van der Waals surface area contributed by atoms with Crippen LogP contribution in [0.4, 0.5) is 5.69 Å². The first kappa shape index (κ1) is 21.9. The Kier molecular flexibility index (Phi) is 7.05. The van der Waals surface area contributed by atoms with Crippen LogP contribution in [0.15, 0.2) is 47.4 Å². The van der Waals surface area contributed by atoms with Crippen molar-refractivity contribution in [2.45, 2.75) is 24.7 Å². The summed E-state index contributed by atoms with van der Waals surface area (Å²) in [4.78, 5) is 12.8. The number of carbonyl (C=O) groups excluding carboxylic acids is 1. The minimum Gasteiger partial charge on any atom is -0.492 e. The predicted molar refractivity (Wildman–Crippen MR) is 114 cm³/mol. The number of anilines is 1. The first-order chi connectivity index (χ1) is 13.8. The Hall–Kier alpha value is -1.80. The van der Waals surface area contributed by atoms with Crippen molar-refractivity contribution in [3.63, 3.8) is 0 Å². The second-order valence-electron chi connectivity index (χ2n) is 6.70. The zero-order chi connectivity index (χ0) is 21.0. The first-order valence-electron chi connectivity index (χ1n) is 9.31. The number of ether oxygens (including phenoxy) is 1. The van der Waals surface area contributed by atoms with E-state index in [0.717, 1.165) is 0 Å². The fraction of sp³-hybridized carbons (Fsp3) is 0.350. The van der Waals surface area contributed by atoms with Crippen LogP contribution in [-0.2, 0) is 14.8 Å². The van der Waals surface area contributed by atoms with E-state index < -0.39 is 15.9 Å². The molecule has 1 N–H and O–H groups in total. The lowest BCUT2D eigenvalue weighted by Gasteiger charge is -2.31. The molecule has 2 aromatic carbocycles. The van der Waals surface area contributed by atoms with Crippen molar-refractivity contribution in [1.29, 1.82) is 0 Å². The fourth-order valence-electron chi connectivity index (χ4n) is 3.24. The van der Waals surface area contributed by atoms with E-state index in [-0.39, 0.29) is 22.4 Å². The van der Waals surface area contributed by atoms with Crippen LogP contribution in [0.25, 0.3) is 0 Å². The SMILES string of the molecule is CCOc1ccc(S(=O)(=O)N2CCC[C@H](C(=O)Nc3ccccc3Cl)C2)cc1Cl. The molecule has 0 radical (unpaired) electrons. The number of nitrogens with one attached hydrogen (secondary N) is 1. The largest absolute Gasteiger partial charge is 0.492 e. The molecule has 0 aliphatic carbocycles. The molecule has 0 unspecified atom stereocenters. The molecule has 1 fully saturated rings. The summed E-state index contributed by atoms with van der Waals surface area (Å²) in [6.07, 6.45) is 1.19. The van der Waals surface area contributed by atoms with Crippen LogP contribution < -0.4 is 10.1 Å². The number of nitrogens with zero attached hydrogens (tertiary/aromatic N) is 1. The second-order valence-corrected chi connectivity index (χ2v) is 9.45. The summed E-state index contributed by atoms with van der Waals surface area (Å²) in [5.74, 6) is -0.278. The summed E-state index contributed by atoms with van der Waals surface area (Å²) >= 11 is 12.2. The summed E-state index contributed by atoms with van der Waals surface area (Å²) in [7, 11) is -3.78. The Morgan fingerprint density at radius 3 is 2.66 bits per heavy atom. The van der Waals surface area contributed by atoms with Crippen LogP contribution >= 0.6 is 23.2 Å². The number of benzene rings is 2. The normalized spacial score (nSPS) is 17.7. The smallest absolute Gasteiger partial charge is 0.243 e. The van der Waals surface area contributed by atoms with E-state index in [1.807, 2.05) is 6.92 Å². The van der Waals surface area contributed by atoms with Crippen molar-refractivity contribution < 1.29 is 17.9 Å². The van der Waals surface area contributed by atoms with Crippen molar-refractivity contribution in [1.82, 2.24) is 4.31 Å². The van der Waals surface area contributed by atoms with Crippen molar-refractivity contribution >= 4 is 44.8 Å². The molecular weight excluding hydrogens is 435 g/mol. The van der Waals surface area contributed by atoms with Gasteiger partial charge in [0.1, 0.15) is 5.75 Å². The molecule has 1 aliphatic heterocycles. The molecule has 1 atom stereocenters. The summed E-state index contributed by atoms with van der Waals surface area (Å²) < 4.78 is 32.8. The molecule has 156 valence electrons. The molecular formula is C20H22Cl2N2O4S. The molecule has 9 heteroatoms. The summed E-state index contributed by atoms with van der Waals surface area (Å²) in [5, 5.41) is 3.46. The molecule has 2 aromatic rings. The maximum Gasteiger partial charge on any atom is 0.243 e. The Morgan fingerprint density at radius 1 is 1.21 bits per heavy atom. The summed E-state index contributed by atoms with van der Waals surface area (Å²) in [5.41, 5.74) is 0.512. The highest BCUT2D eigenvalue weighted by Crippen LogP contribution is 2.31. The number of amides is 1. The molecule has 29 heavy (non-hydrogen) atoms. The molecule has 1 heterocycles. The second kappa shape index (κ2) is 9.34. The summed E-state index contributed by atoms with van der Waals surface area (Å²) in [6, 6.07) is 11.3. The summed E-state index contributed by atoms with van der Waals surface area (Å²) in [6.45, 7) is 2.70. The van der Waals surface area contributed by atoms with Crippen LogP contribution in [-0.4, -0.2) is 38.3 Å². The van der Waals surface area contributed by atoms with Gasteiger partial charge in [0.25, 0.3) is 0 Å². The van der Waals surface area contributed by atoms with Gasteiger partial charge in [0.2, 0.25) is 15.9 Å². The molecule has 0 bridgehead atoms. The zero-order valence-corrected chi connectivity index (χ0v) is 18.2. The highest BCUT2D eigenvalue weighted by Gasteiger charge is 2.33. The quantitative estimate of drug-likeness (QED) is 0.697. The van der Waals surface area contributed by atoms with Crippen molar-refractivity contribution in [2.24, 2.45) is 5.92 Å². The maximum atomic E-state index is 13.1. The Bertz CT molecular complexity index is 998. The van der Waals surface area contributed by atoms with E-state index >= 15 is 0 Å². The molecule has 6 nitrogen and oxygen atoms in total. The van der Waals surface area contributed by atoms with Gasteiger partial charge in [0, 0.05) is 13.1 Å². The number of halogens is 2. The van der Waals surface area contributed by atoms with Gasteiger partial charge in [-0.05, 0) is 50.1 Å². The Balaban J connectivity index is 1.75. The van der Waals surface area contributed by atoms with Crippen LogP contribution in [0.5, 0.6) is 5.75 Å². The van der Waals surface area contributed by atoms with Crippen LogP contribution in [0.1, 0.15) is 19.8 Å². The highest BCUT2D eigenvalue weighted by atomic mass is 35.5. The van der Waals surface area contributed by atoms with Crippen molar-refractivity contribution in [3.05, 3.63) is 52.5 Å². The third kappa shape index (κ3) is 5.04. The molecule has 1 saturated heterocycles. The average Bonchev–Trinajstić information content (AvgIpc) is 2.71. The standard InChI is InChI=1S/C20H22Cl2N2O4S/c1-2-28-19-10-9-15(12-17(19)22)29(26,27)24-11-5-6-14(13-24)20(25)23-18-8-4-3-7-16(18)21/h3-4,7-10,12,14H,2,5-6,11,13H2,1H3,(H,23,25)/t14-/m0/s1. The van der Waals surface area contributed by atoms with Gasteiger partial charge in [0.15, 0.2) is 0 Å². The van der Waals surface area contributed by atoms with E-state index in [4.69, 9.17) is 27.9 Å². The van der Waals surface area contributed by atoms with Gasteiger partial charge in [-0.15, -0.1) is 0 Å². The zero-order valence-electron chi connectivity index (χ0n) is 15.9. The van der Waals surface area contributed by atoms with E-state index in [1.165, 1.54) is 16.4 Å². The molecule has 1 aliphatic rings. The van der Waals surface area contributed by atoms with Crippen molar-refractivity contribution in [3.8, 4) is 5.75 Å². The van der Waals surface area contributed by atoms with Gasteiger partial charge in [-0.1, -0.05) is 35.3 Å². The van der Waals surface area contributed by atoms with Crippen LogP contribution in [0.2, 0.25) is 10.0 Å². The average molecular weight is 457 g/mol. The van der Waals surface area contributed by atoms with E-state index in [9.17, 15) is 13.2 Å². The third-order valence-electron chi connectivity index (χ3n) is 4.73. The Morgan fingerprint density at radius 2 is 1.97 bits per heavy atom. The van der Waals surface area contributed by atoms with Gasteiger partial charge in [-0.25, -0.2) is 8.42 Å². The monoisotopic (exact) mass is 456 g/mol. The van der Waals surface area contributed by atoms with Gasteiger partial charge < -0.3 is 10.1 Å². The fourth-order valence-corrected chi connectivity index (χ4v) is 5.27. The lowest BCUT2D eigenvalue weighted by Crippen LogP contribution is -2.43. The van der Waals surface area contributed by atoms with Gasteiger partial charge >= 0.3 is 0 Å².